The molecule has 0 aliphatic heterocycles. The number of benzene rings is 1. The number of hydrogen-bond donors (Lipinski definition) is 1. The molecule has 0 radical (unpaired) electrons. The van der Waals surface area contributed by atoms with Crippen molar-refractivity contribution in [3.8, 4) is 22.8 Å². The van der Waals surface area contributed by atoms with E-state index in [0.29, 0.717) is 34.6 Å². The van der Waals surface area contributed by atoms with Crippen LogP contribution in [0.15, 0.2) is 51.7 Å². The molecule has 0 aliphatic carbocycles. The molecule has 3 aromatic rings. The number of nitrogens with zero attached hydrogens (tertiary/aromatic N) is 1. The van der Waals surface area contributed by atoms with E-state index in [1.807, 2.05) is 42.5 Å². The number of ether oxygens (including phenoxy) is 2. The number of carboxylic acids is 1. The molecule has 3 rings (SSSR count). The van der Waals surface area contributed by atoms with E-state index in [2.05, 4.69) is 46.5 Å². The molecule has 1 unspecified atom stereocenters. The Morgan fingerprint density at radius 3 is 2.00 bits per heavy atom. The Morgan fingerprint density at radius 2 is 1.44 bits per heavy atom. The first-order valence-corrected chi connectivity index (χ1v) is 16.6. The first-order chi connectivity index (χ1) is 21.2. The molecular formula is C38H57NO6. The zero-order chi connectivity index (χ0) is 33.5. The van der Waals surface area contributed by atoms with Crippen molar-refractivity contribution in [2.75, 3.05) is 13.7 Å². The van der Waals surface area contributed by atoms with Crippen LogP contribution in [0.1, 0.15) is 119 Å². The van der Waals surface area contributed by atoms with Crippen LogP contribution >= 0.6 is 0 Å². The highest BCUT2D eigenvalue weighted by molar-refractivity contribution is 5.79. The number of carbonyl (C=O) groups is 1. The van der Waals surface area contributed by atoms with E-state index in [0.717, 1.165) is 42.4 Å². The fraction of sp³-hybridized carbons (Fsp3) is 0.605. The van der Waals surface area contributed by atoms with Gasteiger partial charge in [-0.25, -0.2) is 4.79 Å². The summed E-state index contributed by atoms with van der Waals surface area (Å²) >= 11 is 0. The normalized spacial score (nSPS) is 12.4. The molecule has 0 bridgehead atoms. The lowest BCUT2D eigenvalue weighted by Gasteiger charge is -2.37. The Bertz CT molecular complexity index is 1350. The van der Waals surface area contributed by atoms with Gasteiger partial charge in [0.25, 0.3) is 5.97 Å². The van der Waals surface area contributed by atoms with Gasteiger partial charge in [0.05, 0.1) is 19.3 Å². The van der Waals surface area contributed by atoms with Gasteiger partial charge in [0.1, 0.15) is 5.75 Å². The van der Waals surface area contributed by atoms with E-state index < -0.39 is 11.6 Å². The van der Waals surface area contributed by atoms with Crippen LogP contribution in [0.4, 0.5) is 0 Å². The van der Waals surface area contributed by atoms with E-state index in [4.69, 9.17) is 23.8 Å². The van der Waals surface area contributed by atoms with Crippen molar-refractivity contribution in [2.24, 2.45) is 16.7 Å². The predicted molar refractivity (Wildman–Crippen MR) is 184 cm³/mol. The van der Waals surface area contributed by atoms with Gasteiger partial charge in [-0.1, -0.05) is 111 Å². The number of carboxylic acid groups (broad SMARTS) is 1. The second-order valence-electron chi connectivity index (χ2n) is 14.2. The van der Waals surface area contributed by atoms with Gasteiger partial charge in [-0.2, -0.15) is 4.98 Å². The standard InChI is InChI=1S/C36H53NO4.C2H4O2/c1-27(36(5,6)26-35(2,3)4)17-15-13-11-9-8-10-12-14-16-24-40-32-23-20-29-25-31(34(38)41-33(29)37-32)28-18-21-30(39-7)22-19-28;1-2(3)4/h18-23,25,27H,8-17,24,26H2,1-7H3;1H3,(H,3,4). The molecule has 250 valence electrons. The fourth-order valence-corrected chi connectivity index (χ4v) is 5.93. The Balaban J connectivity index is 0.00000166. The van der Waals surface area contributed by atoms with Crippen LogP contribution in [0, 0.1) is 16.7 Å². The van der Waals surface area contributed by atoms with Crippen molar-refractivity contribution < 1.29 is 23.8 Å². The highest BCUT2D eigenvalue weighted by Crippen LogP contribution is 2.41. The van der Waals surface area contributed by atoms with Gasteiger partial charge in [0, 0.05) is 18.4 Å². The SMILES string of the molecule is CC(=O)O.COc1ccc(-c2cc3ccc(OCCCCCCCCCCCC(C)C(C)(C)CC(C)(C)C)nc3oc2=O)cc1. The molecule has 0 saturated heterocycles. The van der Waals surface area contributed by atoms with Crippen molar-refractivity contribution in [3.05, 3.63) is 52.9 Å². The number of hydrogen-bond acceptors (Lipinski definition) is 6. The Hall–Kier alpha value is -3.35. The maximum Gasteiger partial charge on any atom is 0.345 e. The van der Waals surface area contributed by atoms with Crippen LogP contribution in [-0.4, -0.2) is 29.8 Å². The Kier molecular flexibility index (Phi) is 15.6. The second kappa shape index (κ2) is 18.6. The molecular weight excluding hydrogens is 566 g/mol. The van der Waals surface area contributed by atoms with Gasteiger partial charge in [-0.3, -0.25) is 4.79 Å². The summed E-state index contributed by atoms with van der Waals surface area (Å²) in [6, 6.07) is 12.9. The van der Waals surface area contributed by atoms with Gasteiger partial charge in [0.2, 0.25) is 11.6 Å². The summed E-state index contributed by atoms with van der Waals surface area (Å²) in [6.07, 6.45) is 14.1. The third-order valence-electron chi connectivity index (χ3n) is 8.33. The lowest BCUT2D eigenvalue weighted by atomic mass is 9.68. The minimum atomic E-state index is -0.833. The molecule has 1 atom stereocenters. The number of aliphatic carboxylic acids is 1. The largest absolute Gasteiger partial charge is 0.497 e. The topological polar surface area (TPSA) is 98.9 Å². The summed E-state index contributed by atoms with van der Waals surface area (Å²) in [5.74, 6) is 1.18. The predicted octanol–water partition coefficient (Wildman–Crippen LogP) is 10.3. The molecule has 0 aliphatic rings. The van der Waals surface area contributed by atoms with Gasteiger partial charge < -0.3 is 19.0 Å². The second-order valence-corrected chi connectivity index (χ2v) is 14.2. The smallest absolute Gasteiger partial charge is 0.345 e. The highest BCUT2D eigenvalue weighted by atomic mass is 16.5. The van der Waals surface area contributed by atoms with E-state index >= 15 is 0 Å². The van der Waals surface area contributed by atoms with Crippen molar-refractivity contribution >= 4 is 17.1 Å². The van der Waals surface area contributed by atoms with Gasteiger partial charge in [0.15, 0.2) is 0 Å². The Labute approximate surface area is 270 Å². The Morgan fingerprint density at radius 1 is 0.889 bits per heavy atom. The molecule has 0 fully saturated rings. The molecule has 0 saturated carbocycles. The van der Waals surface area contributed by atoms with Crippen molar-refractivity contribution in [2.45, 2.75) is 119 Å². The van der Waals surface area contributed by atoms with Crippen LogP contribution < -0.4 is 15.1 Å². The molecule has 7 nitrogen and oxygen atoms in total. The average Bonchev–Trinajstić information content (AvgIpc) is 2.95. The zero-order valence-corrected chi connectivity index (χ0v) is 29.0. The molecule has 2 heterocycles. The summed E-state index contributed by atoms with van der Waals surface area (Å²) in [6.45, 7) is 16.1. The quantitative estimate of drug-likeness (QED) is 0.149. The number of rotatable bonds is 17. The van der Waals surface area contributed by atoms with Gasteiger partial charge in [-0.05, 0) is 59.4 Å². The number of fused-ring (bicyclic) bond motifs is 1. The molecule has 45 heavy (non-hydrogen) atoms. The minimum Gasteiger partial charge on any atom is -0.497 e. The molecule has 2 aromatic heterocycles. The monoisotopic (exact) mass is 623 g/mol. The summed E-state index contributed by atoms with van der Waals surface area (Å²) in [5, 5.41) is 8.18. The minimum absolute atomic E-state index is 0.299. The maximum atomic E-state index is 12.6. The fourth-order valence-electron chi connectivity index (χ4n) is 5.93. The first-order valence-electron chi connectivity index (χ1n) is 16.6. The van der Waals surface area contributed by atoms with Crippen molar-refractivity contribution in [3.63, 3.8) is 0 Å². The molecule has 7 heteroatoms. The summed E-state index contributed by atoms with van der Waals surface area (Å²) in [4.78, 5) is 26.0. The molecule has 0 amide bonds. The molecule has 0 spiro atoms. The van der Waals surface area contributed by atoms with Gasteiger partial charge in [-0.15, -0.1) is 0 Å². The number of aromatic nitrogens is 1. The molecule has 1 N–H and O–H groups in total. The van der Waals surface area contributed by atoms with E-state index in [9.17, 15) is 4.79 Å². The van der Waals surface area contributed by atoms with Crippen molar-refractivity contribution in [1.29, 1.82) is 0 Å². The summed E-state index contributed by atoms with van der Waals surface area (Å²) < 4.78 is 16.6. The van der Waals surface area contributed by atoms with E-state index in [-0.39, 0.29) is 0 Å². The molecule has 1 aromatic carbocycles. The van der Waals surface area contributed by atoms with Crippen LogP contribution in [-0.2, 0) is 4.79 Å². The van der Waals surface area contributed by atoms with Crippen LogP contribution in [0.25, 0.3) is 22.2 Å². The van der Waals surface area contributed by atoms with Crippen molar-refractivity contribution in [1.82, 2.24) is 4.98 Å². The van der Waals surface area contributed by atoms with E-state index in [1.54, 1.807) is 7.11 Å². The number of methoxy groups -OCH3 is 1. The number of pyridine rings is 1. The average molecular weight is 624 g/mol. The summed E-state index contributed by atoms with van der Waals surface area (Å²) in [5.41, 5.74) is 1.99. The summed E-state index contributed by atoms with van der Waals surface area (Å²) in [7, 11) is 1.62. The van der Waals surface area contributed by atoms with Crippen LogP contribution in [0.3, 0.4) is 0 Å². The van der Waals surface area contributed by atoms with Gasteiger partial charge >= 0.3 is 5.63 Å². The third-order valence-corrected chi connectivity index (χ3v) is 8.33. The maximum absolute atomic E-state index is 12.6. The highest BCUT2D eigenvalue weighted by Gasteiger charge is 2.30. The number of unbranched alkanes of at least 4 members (excludes halogenated alkanes) is 8. The first kappa shape index (κ1) is 37.8. The van der Waals surface area contributed by atoms with Crippen LogP contribution in [0.2, 0.25) is 0 Å². The lowest BCUT2D eigenvalue weighted by molar-refractivity contribution is -0.134. The lowest BCUT2D eigenvalue weighted by Crippen LogP contribution is -2.27. The van der Waals surface area contributed by atoms with Crippen LogP contribution in [0.5, 0.6) is 11.6 Å². The van der Waals surface area contributed by atoms with E-state index in [1.165, 1.54) is 57.8 Å². The zero-order valence-electron chi connectivity index (χ0n) is 29.0. The third kappa shape index (κ3) is 14.5.